The number of nitrogens with one attached hydrogen (secondary N) is 2. The molecule has 2 heterocycles. The van der Waals surface area contributed by atoms with Crippen molar-refractivity contribution in [1.29, 1.82) is 0 Å². The van der Waals surface area contributed by atoms with Gasteiger partial charge in [-0.2, -0.15) is 0 Å². The van der Waals surface area contributed by atoms with Crippen LogP contribution >= 0.6 is 0 Å². The number of urea groups is 1. The summed E-state index contributed by atoms with van der Waals surface area (Å²) in [5, 5.41) is 5.47. The first-order chi connectivity index (χ1) is 10.7. The minimum atomic E-state index is -0.246. The van der Waals surface area contributed by atoms with Crippen LogP contribution in [0.5, 0.6) is 11.5 Å². The van der Waals surface area contributed by atoms with Crippen molar-refractivity contribution in [3.8, 4) is 11.5 Å². The highest BCUT2D eigenvalue weighted by Crippen LogP contribution is 2.35. The SMILES string of the molecule is CCNC(=O)N[C@@H]1CC(=O)N(c2ccc3c(c2)OCCO3)C1. The van der Waals surface area contributed by atoms with E-state index in [1.807, 2.05) is 19.1 Å². The number of amides is 3. The average Bonchev–Trinajstić information content (AvgIpc) is 2.87. The van der Waals surface area contributed by atoms with Gasteiger partial charge in [-0.05, 0) is 19.1 Å². The Kier molecular flexibility index (Phi) is 4.04. The number of hydrogen-bond donors (Lipinski definition) is 2. The van der Waals surface area contributed by atoms with E-state index in [1.165, 1.54) is 0 Å². The fraction of sp³-hybridized carbons (Fsp3) is 0.467. The van der Waals surface area contributed by atoms with Gasteiger partial charge < -0.3 is 25.0 Å². The molecule has 1 aromatic carbocycles. The number of rotatable bonds is 3. The molecule has 2 N–H and O–H groups in total. The molecule has 2 aliphatic heterocycles. The molecule has 0 unspecified atom stereocenters. The first-order valence-electron chi connectivity index (χ1n) is 7.41. The van der Waals surface area contributed by atoms with Crippen molar-refractivity contribution in [1.82, 2.24) is 10.6 Å². The lowest BCUT2D eigenvalue weighted by molar-refractivity contribution is -0.117. The molecule has 2 aliphatic rings. The molecule has 22 heavy (non-hydrogen) atoms. The fourth-order valence-corrected chi connectivity index (χ4v) is 2.65. The van der Waals surface area contributed by atoms with E-state index in [9.17, 15) is 9.59 Å². The monoisotopic (exact) mass is 305 g/mol. The summed E-state index contributed by atoms with van der Waals surface area (Å²) in [5.41, 5.74) is 0.759. The Hall–Kier alpha value is -2.44. The highest BCUT2D eigenvalue weighted by Gasteiger charge is 2.32. The zero-order chi connectivity index (χ0) is 15.5. The van der Waals surface area contributed by atoms with Crippen molar-refractivity contribution in [2.75, 3.05) is 31.2 Å². The fourth-order valence-electron chi connectivity index (χ4n) is 2.65. The van der Waals surface area contributed by atoms with E-state index < -0.39 is 0 Å². The third-order valence-corrected chi connectivity index (χ3v) is 3.64. The molecule has 0 radical (unpaired) electrons. The minimum Gasteiger partial charge on any atom is -0.486 e. The van der Waals surface area contributed by atoms with Gasteiger partial charge in [0.25, 0.3) is 0 Å². The van der Waals surface area contributed by atoms with Gasteiger partial charge in [0.2, 0.25) is 5.91 Å². The lowest BCUT2D eigenvalue weighted by Gasteiger charge is -2.22. The lowest BCUT2D eigenvalue weighted by Crippen LogP contribution is -2.43. The molecule has 0 aliphatic carbocycles. The summed E-state index contributed by atoms with van der Waals surface area (Å²) in [7, 11) is 0. The molecule has 0 saturated carbocycles. The van der Waals surface area contributed by atoms with Crippen molar-refractivity contribution in [3.05, 3.63) is 18.2 Å². The first-order valence-corrected chi connectivity index (χ1v) is 7.41. The molecule has 7 nitrogen and oxygen atoms in total. The van der Waals surface area contributed by atoms with Gasteiger partial charge in [-0.25, -0.2) is 4.79 Å². The molecule has 1 fully saturated rings. The maximum Gasteiger partial charge on any atom is 0.315 e. The largest absolute Gasteiger partial charge is 0.486 e. The molecule has 0 spiro atoms. The second kappa shape index (κ2) is 6.13. The van der Waals surface area contributed by atoms with Crippen LogP contribution in [0, 0.1) is 0 Å². The Balaban J connectivity index is 1.70. The Morgan fingerprint density at radius 2 is 2.09 bits per heavy atom. The highest BCUT2D eigenvalue weighted by molar-refractivity contribution is 5.97. The Labute approximate surface area is 128 Å². The number of fused-ring (bicyclic) bond motifs is 1. The molecule has 0 aromatic heterocycles. The number of anilines is 1. The van der Waals surface area contributed by atoms with Gasteiger partial charge in [0.05, 0.1) is 6.04 Å². The lowest BCUT2D eigenvalue weighted by atomic mass is 10.2. The summed E-state index contributed by atoms with van der Waals surface area (Å²) in [6, 6.07) is 5.01. The molecular formula is C15H19N3O4. The molecule has 1 atom stereocenters. The van der Waals surface area contributed by atoms with Crippen LogP contribution in [0.15, 0.2) is 18.2 Å². The van der Waals surface area contributed by atoms with Gasteiger partial charge in [-0.1, -0.05) is 0 Å². The number of ether oxygens (including phenoxy) is 2. The summed E-state index contributed by atoms with van der Waals surface area (Å²) in [4.78, 5) is 25.4. The van der Waals surface area contributed by atoms with E-state index in [2.05, 4.69) is 10.6 Å². The smallest absolute Gasteiger partial charge is 0.315 e. The van der Waals surface area contributed by atoms with Crippen molar-refractivity contribution in [2.24, 2.45) is 0 Å². The van der Waals surface area contributed by atoms with Crippen LogP contribution in [-0.2, 0) is 4.79 Å². The zero-order valence-electron chi connectivity index (χ0n) is 12.4. The van der Waals surface area contributed by atoms with E-state index in [-0.39, 0.29) is 18.0 Å². The summed E-state index contributed by atoms with van der Waals surface area (Å²) in [5.74, 6) is 1.33. The number of carbonyl (C=O) groups excluding carboxylic acids is 2. The maximum absolute atomic E-state index is 12.2. The molecule has 3 amide bonds. The van der Waals surface area contributed by atoms with Crippen LogP contribution in [0.3, 0.4) is 0 Å². The standard InChI is InChI=1S/C15H19N3O4/c1-2-16-15(20)17-10-7-14(19)18(9-10)11-3-4-12-13(8-11)22-6-5-21-12/h3-4,8,10H,2,5-7,9H2,1H3,(H2,16,17,20)/t10-/m1/s1. The molecule has 118 valence electrons. The maximum atomic E-state index is 12.2. The van der Waals surface area contributed by atoms with E-state index in [4.69, 9.17) is 9.47 Å². The quantitative estimate of drug-likeness (QED) is 0.869. The van der Waals surface area contributed by atoms with Crippen molar-refractivity contribution in [3.63, 3.8) is 0 Å². The summed E-state index contributed by atoms with van der Waals surface area (Å²) < 4.78 is 11.0. The van der Waals surface area contributed by atoms with Gasteiger partial charge in [0.15, 0.2) is 11.5 Å². The topological polar surface area (TPSA) is 79.9 Å². The third kappa shape index (κ3) is 2.93. The van der Waals surface area contributed by atoms with Crippen LogP contribution in [-0.4, -0.2) is 44.3 Å². The summed E-state index contributed by atoms with van der Waals surface area (Å²) in [6.07, 6.45) is 0.297. The Morgan fingerprint density at radius 3 is 2.86 bits per heavy atom. The van der Waals surface area contributed by atoms with Crippen LogP contribution in [0.2, 0.25) is 0 Å². The molecule has 1 aromatic rings. The van der Waals surface area contributed by atoms with Gasteiger partial charge in [-0.3, -0.25) is 4.79 Å². The molecule has 0 bridgehead atoms. The Bertz CT molecular complexity index is 590. The second-order valence-electron chi connectivity index (χ2n) is 5.24. The summed E-state index contributed by atoms with van der Waals surface area (Å²) >= 11 is 0. The Morgan fingerprint density at radius 1 is 1.32 bits per heavy atom. The normalized spacial score (nSPS) is 20.0. The predicted molar refractivity (Wildman–Crippen MR) is 80.4 cm³/mol. The number of nitrogens with zero attached hydrogens (tertiary/aromatic N) is 1. The molecule has 3 rings (SSSR count). The van der Waals surface area contributed by atoms with E-state index in [0.29, 0.717) is 44.2 Å². The minimum absolute atomic E-state index is 0.0153. The van der Waals surface area contributed by atoms with Crippen LogP contribution < -0.4 is 25.0 Å². The van der Waals surface area contributed by atoms with E-state index in [1.54, 1.807) is 11.0 Å². The average molecular weight is 305 g/mol. The summed E-state index contributed by atoms with van der Waals surface area (Å²) in [6.45, 7) is 3.90. The highest BCUT2D eigenvalue weighted by atomic mass is 16.6. The van der Waals surface area contributed by atoms with Crippen LogP contribution in [0.1, 0.15) is 13.3 Å². The number of benzene rings is 1. The van der Waals surface area contributed by atoms with Gasteiger partial charge >= 0.3 is 6.03 Å². The number of carbonyl (C=O) groups is 2. The molecule has 7 heteroatoms. The zero-order valence-corrected chi connectivity index (χ0v) is 12.4. The van der Waals surface area contributed by atoms with Crippen LogP contribution in [0.25, 0.3) is 0 Å². The first kappa shape index (κ1) is 14.5. The van der Waals surface area contributed by atoms with E-state index in [0.717, 1.165) is 5.69 Å². The van der Waals surface area contributed by atoms with E-state index >= 15 is 0 Å². The van der Waals surface area contributed by atoms with Gasteiger partial charge in [0, 0.05) is 31.3 Å². The second-order valence-corrected chi connectivity index (χ2v) is 5.24. The predicted octanol–water partition coefficient (Wildman–Crippen LogP) is 0.882. The van der Waals surface area contributed by atoms with Crippen molar-refractivity contribution < 1.29 is 19.1 Å². The molecule has 1 saturated heterocycles. The van der Waals surface area contributed by atoms with Gasteiger partial charge in [-0.15, -0.1) is 0 Å². The van der Waals surface area contributed by atoms with Gasteiger partial charge in [0.1, 0.15) is 13.2 Å². The van der Waals surface area contributed by atoms with Crippen molar-refractivity contribution in [2.45, 2.75) is 19.4 Å². The van der Waals surface area contributed by atoms with Crippen molar-refractivity contribution >= 4 is 17.6 Å². The molecular weight excluding hydrogens is 286 g/mol. The number of hydrogen-bond acceptors (Lipinski definition) is 4. The van der Waals surface area contributed by atoms with Crippen LogP contribution in [0.4, 0.5) is 10.5 Å². The third-order valence-electron chi connectivity index (χ3n) is 3.64.